The van der Waals surface area contributed by atoms with Crippen molar-refractivity contribution < 1.29 is 22.7 Å². The Bertz CT molecular complexity index is 1110. The Hall–Kier alpha value is -2.58. The summed E-state index contributed by atoms with van der Waals surface area (Å²) in [5.74, 6) is 0.722. The molecule has 2 unspecified atom stereocenters. The van der Waals surface area contributed by atoms with Crippen LogP contribution in [0.3, 0.4) is 0 Å². The number of piperazine rings is 1. The van der Waals surface area contributed by atoms with Gasteiger partial charge in [0.1, 0.15) is 12.4 Å². The van der Waals surface area contributed by atoms with Gasteiger partial charge in [0.25, 0.3) is 5.91 Å². The number of carbonyl (C=O) groups excluding carboxylic acids is 1. The summed E-state index contributed by atoms with van der Waals surface area (Å²) in [7, 11) is 0. The number of hydrogen-bond donors (Lipinski definition) is 0. The molecule has 2 atom stereocenters. The van der Waals surface area contributed by atoms with E-state index in [1.807, 2.05) is 0 Å². The number of hydrogen-bond acceptors (Lipinski definition) is 4. The van der Waals surface area contributed by atoms with Gasteiger partial charge in [-0.05, 0) is 93.6 Å². The van der Waals surface area contributed by atoms with Crippen LogP contribution in [-0.4, -0.2) is 72.5 Å². The number of benzene rings is 2. The van der Waals surface area contributed by atoms with Gasteiger partial charge >= 0.3 is 6.18 Å². The van der Waals surface area contributed by atoms with E-state index in [2.05, 4.69) is 49.6 Å². The standard InChI is InChI=1S/C31H42F3N3O2/c1-5-27-8-6-7-15-36(27)20-21-39-29-14-13-28(22(2)23(29)3)24(4)35-16-18-37(19-17-35)30(38)25-9-11-26(12-10-25)31(32,33)34/h9-14,24,27H,5-8,15-21H2,1-4H3. The number of carbonyl (C=O) groups is 1. The van der Waals surface area contributed by atoms with E-state index in [4.69, 9.17) is 4.74 Å². The minimum absolute atomic E-state index is 0.180. The van der Waals surface area contributed by atoms with Crippen molar-refractivity contribution in [2.24, 2.45) is 0 Å². The molecule has 214 valence electrons. The lowest BCUT2D eigenvalue weighted by Crippen LogP contribution is -2.49. The molecule has 0 radical (unpaired) electrons. The molecule has 2 aromatic carbocycles. The van der Waals surface area contributed by atoms with Crippen LogP contribution in [0.5, 0.6) is 5.75 Å². The average molecular weight is 546 g/mol. The molecular weight excluding hydrogens is 503 g/mol. The summed E-state index contributed by atoms with van der Waals surface area (Å²) in [6.07, 6.45) is 0.688. The molecule has 2 aromatic rings. The van der Waals surface area contributed by atoms with Crippen molar-refractivity contribution in [1.29, 1.82) is 0 Å². The summed E-state index contributed by atoms with van der Waals surface area (Å²) in [5, 5.41) is 0. The lowest BCUT2D eigenvalue weighted by molar-refractivity contribution is -0.137. The molecule has 0 N–H and O–H groups in total. The van der Waals surface area contributed by atoms with Gasteiger partial charge in [0.15, 0.2) is 0 Å². The molecule has 5 nitrogen and oxygen atoms in total. The summed E-state index contributed by atoms with van der Waals surface area (Å²) < 4.78 is 44.8. The number of halogens is 3. The third kappa shape index (κ3) is 6.95. The number of piperidine rings is 1. The highest BCUT2D eigenvalue weighted by atomic mass is 19.4. The van der Waals surface area contributed by atoms with Crippen LogP contribution < -0.4 is 4.74 Å². The van der Waals surface area contributed by atoms with E-state index in [0.29, 0.717) is 38.8 Å². The number of nitrogens with zero attached hydrogens (tertiary/aromatic N) is 3. The third-order valence-electron chi connectivity index (χ3n) is 8.69. The van der Waals surface area contributed by atoms with Crippen molar-refractivity contribution >= 4 is 5.91 Å². The monoisotopic (exact) mass is 545 g/mol. The Kier molecular flexibility index (Phi) is 9.60. The van der Waals surface area contributed by atoms with Crippen molar-refractivity contribution in [2.75, 3.05) is 45.9 Å². The molecule has 2 fully saturated rings. The van der Waals surface area contributed by atoms with Gasteiger partial charge in [0.2, 0.25) is 0 Å². The van der Waals surface area contributed by atoms with Crippen LogP contribution in [-0.2, 0) is 6.18 Å². The van der Waals surface area contributed by atoms with Gasteiger partial charge in [-0.3, -0.25) is 14.6 Å². The van der Waals surface area contributed by atoms with E-state index in [0.717, 1.165) is 24.4 Å². The first-order valence-corrected chi connectivity index (χ1v) is 14.3. The van der Waals surface area contributed by atoms with Gasteiger partial charge in [-0.2, -0.15) is 13.2 Å². The second-order valence-corrected chi connectivity index (χ2v) is 10.9. The van der Waals surface area contributed by atoms with Gasteiger partial charge in [-0.25, -0.2) is 0 Å². The summed E-state index contributed by atoms with van der Waals surface area (Å²) in [5.41, 5.74) is 3.20. The second kappa shape index (κ2) is 12.7. The Morgan fingerprint density at radius 2 is 1.67 bits per heavy atom. The first kappa shape index (κ1) is 29.4. The van der Waals surface area contributed by atoms with Gasteiger partial charge in [0, 0.05) is 50.4 Å². The lowest BCUT2D eigenvalue weighted by Gasteiger charge is -2.39. The van der Waals surface area contributed by atoms with Crippen LogP contribution in [0.2, 0.25) is 0 Å². The van der Waals surface area contributed by atoms with E-state index in [1.165, 1.54) is 61.1 Å². The largest absolute Gasteiger partial charge is 0.492 e. The fourth-order valence-corrected chi connectivity index (χ4v) is 6.01. The molecule has 0 aromatic heterocycles. The van der Waals surface area contributed by atoms with Crippen LogP contribution in [0.25, 0.3) is 0 Å². The molecule has 0 aliphatic carbocycles. The van der Waals surface area contributed by atoms with Crippen molar-refractivity contribution in [3.05, 3.63) is 64.2 Å². The van der Waals surface area contributed by atoms with E-state index >= 15 is 0 Å². The van der Waals surface area contributed by atoms with Crippen LogP contribution in [0.15, 0.2) is 36.4 Å². The predicted octanol–water partition coefficient (Wildman–Crippen LogP) is 6.48. The fraction of sp³-hybridized carbons (Fsp3) is 0.581. The van der Waals surface area contributed by atoms with Crippen molar-refractivity contribution in [3.63, 3.8) is 0 Å². The van der Waals surface area contributed by atoms with Crippen molar-refractivity contribution in [2.45, 2.75) is 71.6 Å². The topological polar surface area (TPSA) is 36.0 Å². The van der Waals surface area contributed by atoms with Gasteiger partial charge in [0.05, 0.1) is 5.56 Å². The number of likely N-dealkylation sites (tertiary alicyclic amines) is 1. The molecule has 2 aliphatic heterocycles. The van der Waals surface area contributed by atoms with Gasteiger partial charge in [-0.1, -0.05) is 19.4 Å². The lowest BCUT2D eigenvalue weighted by atomic mass is 9.96. The van der Waals surface area contributed by atoms with Crippen LogP contribution >= 0.6 is 0 Å². The molecule has 1 amide bonds. The summed E-state index contributed by atoms with van der Waals surface area (Å²) in [6, 6.07) is 9.59. The quantitative estimate of drug-likeness (QED) is 0.380. The van der Waals surface area contributed by atoms with Crippen molar-refractivity contribution in [3.8, 4) is 5.75 Å². The smallest absolute Gasteiger partial charge is 0.416 e. The van der Waals surface area contributed by atoms with Crippen molar-refractivity contribution in [1.82, 2.24) is 14.7 Å². The fourth-order valence-electron chi connectivity index (χ4n) is 6.01. The summed E-state index contributed by atoms with van der Waals surface area (Å²) >= 11 is 0. The van der Waals surface area contributed by atoms with Crippen LogP contribution in [0, 0.1) is 13.8 Å². The molecule has 2 heterocycles. The third-order valence-corrected chi connectivity index (χ3v) is 8.69. The Labute approximate surface area is 230 Å². The zero-order valence-electron chi connectivity index (χ0n) is 23.7. The van der Waals surface area contributed by atoms with Crippen LogP contribution in [0.4, 0.5) is 13.2 Å². The molecule has 0 bridgehead atoms. The van der Waals surface area contributed by atoms with E-state index in [-0.39, 0.29) is 17.5 Å². The Morgan fingerprint density at radius 1 is 0.974 bits per heavy atom. The molecule has 4 rings (SSSR count). The first-order valence-electron chi connectivity index (χ1n) is 14.3. The molecule has 0 saturated carbocycles. The minimum Gasteiger partial charge on any atom is -0.492 e. The maximum atomic E-state index is 12.9. The van der Waals surface area contributed by atoms with Gasteiger partial charge in [-0.15, -0.1) is 0 Å². The Balaban J connectivity index is 1.31. The maximum absolute atomic E-state index is 12.9. The highest BCUT2D eigenvalue weighted by Gasteiger charge is 2.31. The zero-order valence-corrected chi connectivity index (χ0v) is 23.7. The second-order valence-electron chi connectivity index (χ2n) is 10.9. The highest BCUT2D eigenvalue weighted by molar-refractivity contribution is 5.94. The zero-order chi connectivity index (χ0) is 28.2. The summed E-state index contributed by atoms with van der Waals surface area (Å²) in [4.78, 5) is 19.5. The normalized spacial score (nSPS) is 20.2. The summed E-state index contributed by atoms with van der Waals surface area (Å²) in [6.45, 7) is 14.1. The highest BCUT2D eigenvalue weighted by Crippen LogP contribution is 2.32. The van der Waals surface area contributed by atoms with Gasteiger partial charge < -0.3 is 9.64 Å². The van der Waals surface area contributed by atoms with E-state index in [9.17, 15) is 18.0 Å². The van der Waals surface area contributed by atoms with Crippen LogP contribution in [0.1, 0.15) is 78.2 Å². The molecule has 2 saturated heterocycles. The predicted molar refractivity (Wildman–Crippen MR) is 148 cm³/mol. The SMILES string of the molecule is CCC1CCCCN1CCOc1ccc(C(C)N2CCN(C(=O)c3ccc(C(F)(F)F)cc3)CC2)c(C)c1C. The molecule has 39 heavy (non-hydrogen) atoms. The number of rotatable bonds is 8. The number of amides is 1. The Morgan fingerprint density at radius 3 is 2.31 bits per heavy atom. The van der Waals surface area contributed by atoms with E-state index < -0.39 is 11.7 Å². The van der Waals surface area contributed by atoms with E-state index in [1.54, 1.807) is 4.90 Å². The minimum atomic E-state index is -4.41. The average Bonchev–Trinajstić information content (AvgIpc) is 2.94. The maximum Gasteiger partial charge on any atom is 0.416 e. The number of ether oxygens (including phenoxy) is 1. The molecular formula is C31H42F3N3O2. The number of alkyl halides is 3. The molecule has 0 spiro atoms. The first-order chi connectivity index (χ1) is 18.6. The molecule has 2 aliphatic rings. The molecule has 8 heteroatoms.